The lowest BCUT2D eigenvalue weighted by Crippen LogP contribution is -2.57. The number of benzene rings is 1. The molecular weight excluding hydrogens is 332 g/mol. The summed E-state index contributed by atoms with van der Waals surface area (Å²) in [6.45, 7) is 3.93. The molecule has 1 aromatic carbocycles. The fraction of sp³-hybridized carbons (Fsp3) is 0.600. The van der Waals surface area contributed by atoms with Crippen molar-refractivity contribution in [3.63, 3.8) is 0 Å². The van der Waals surface area contributed by atoms with Crippen LogP contribution < -0.4 is 5.19 Å². The molecule has 0 saturated heterocycles. The van der Waals surface area contributed by atoms with E-state index in [1.54, 1.807) is 13.7 Å². The maximum atomic E-state index is 10.7. The van der Waals surface area contributed by atoms with Crippen LogP contribution in [0.2, 0.25) is 19.1 Å². The van der Waals surface area contributed by atoms with Gasteiger partial charge in [0.2, 0.25) is 0 Å². The van der Waals surface area contributed by atoms with E-state index in [1.165, 1.54) is 0 Å². The van der Waals surface area contributed by atoms with E-state index < -0.39 is 23.2 Å². The topological polar surface area (TPSA) is 88.4 Å². The number of aliphatic hydroxyl groups is 2. The molecule has 0 aromatic heterocycles. The maximum absolute atomic E-state index is 10.7. The van der Waals surface area contributed by atoms with Crippen LogP contribution >= 0.6 is 0 Å². The van der Waals surface area contributed by atoms with E-state index in [0.29, 0.717) is 19.1 Å². The third-order valence-corrected chi connectivity index (χ3v) is 10.4. The zero-order chi connectivity index (χ0) is 17.3. The van der Waals surface area contributed by atoms with Crippen LogP contribution in [0.5, 0.6) is 0 Å². The van der Waals surface area contributed by atoms with Crippen LogP contribution in [0, 0.1) is 0 Å². The first-order chi connectivity index (χ1) is 10.8. The first-order valence-electron chi connectivity index (χ1n) is 7.73. The Balaban J connectivity index is 2.50. The quantitative estimate of drug-likeness (QED) is 0.392. The summed E-state index contributed by atoms with van der Waals surface area (Å²) in [7, 11) is -3.90. The highest BCUT2D eigenvalue weighted by atomic mass is 28.5. The minimum Gasteiger partial charge on any atom is -0.411 e. The summed E-state index contributed by atoms with van der Waals surface area (Å²) < 4.78 is 17.0. The molecule has 23 heavy (non-hydrogen) atoms. The van der Waals surface area contributed by atoms with Crippen molar-refractivity contribution in [2.75, 3.05) is 26.9 Å². The van der Waals surface area contributed by atoms with Crippen molar-refractivity contribution in [3.05, 3.63) is 30.3 Å². The molecule has 0 fully saturated rings. The molecule has 8 heteroatoms. The number of rotatable bonds is 11. The van der Waals surface area contributed by atoms with Crippen LogP contribution in [-0.2, 0) is 13.3 Å². The Labute approximate surface area is 140 Å². The molecule has 0 aliphatic heterocycles. The van der Waals surface area contributed by atoms with Crippen LogP contribution in [0.4, 0.5) is 0 Å². The van der Waals surface area contributed by atoms with Gasteiger partial charge in [0, 0.05) is 13.7 Å². The van der Waals surface area contributed by atoms with Gasteiger partial charge in [-0.25, -0.2) is 0 Å². The first kappa shape index (κ1) is 20.5. The van der Waals surface area contributed by atoms with Crippen LogP contribution in [0.25, 0.3) is 0 Å². The van der Waals surface area contributed by atoms with Gasteiger partial charge in [0.15, 0.2) is 0 Å². The molecule has 1 aromatic rings. The van der Waals surface area contributed by atoms with Crippen molar-refractivity contribution in [1.29, 1.82) is 0 Å². The molecule has 132 valence electrons. The standard InChI is InChI=1S/C15H28O6Si2/c1-19-22(2,11-7-10-20-13-14(17)12-16)21-23(3,18)15-8-5-4-6-9-15/h4-6,8-9,14,16-18H,7,10-13H2,1-3H3. The van der Waals surface area contributed by atoms with E-state index in [4.69, 9.17) is 18.4 Å². The minimum absolute atomic E-state index is 0.110. The van der Waals surface area contributed by atoms with Crippen LogP contribution in [0.3, 0.4) is 0 Å². The van der Waals surface area contributed by atoms with Crippen LogP contribution in [0.15, 0.2) is 30.3 Å². The molecule has 3 unspecified atom stereocenters. The molecule has 0 aliphatic carbocycles. The van der Waals surface area contributed by atoms with Gasteiger partial charge in [-0.3, -0.25) is 0 Å². The van der Waals surface area contributed by atoms with Gasteiger partial charge in [-0.15, -0.1) is 0 Å². The Morgan fingerprint density at radius 2 is 1.83 bits per heavy atom. The van der Waals surface area contributed by atoms with Crippen LogP contribution in [-0.4, -0.2) is 65.2 Å². The minimum atomic E-state index is -3.01. The molecule has 1 rings (SSSR count). The molecule has 0 bridgehead atoms. The lowest BCUT2D eigenvalue weighted by molar-refractivity contribution is 0.00617. The third-order valence-electron chi connectivity index (χ3n) is 3.60. The largest absolute Gasteiger partial charge is 0.411 e. The number of hydrogen-bond donors (Lipinski definition) is 3. The van der Waals surface area contributed by atoms with Crippen molar-refractivity contribution >= 4 is 22.3 Å². The number of hydrogen-bond acceptors (Lipinski definition) is 6. The van der Waals surface area contributed by atoms with Gasteiger partial charge in [-0.1, -0.05) is 30.3 Å². The summed E-state index contributed by atoms with van der Waals surface area (Å²) in [4.78, 5) is 10.7. The highest BCUT2D eigenvalue weighted by molar-refractivity contribution is 6.87. The van der Waals surface area contributed by atoms with Gasteiger partial charge >= 0.3 is 17.1 Å². The summed E-state index contributed by atoms with van der Waals surface area (Å²) in [5, 5.41) is 18.7. The SMILES string of the molecule is CO[Si](C)(CCCOCC(O)CO)O[Si](C)(O)c1ccccc1. The molecular formula is C15H28O6Si2. The first-order valence-corrected chi connectivity index (χ1v) is 12.6. The van der Waals surface area contributed by atoms with Gasteiger partial charge in [-0.05, 0) is 30.7 Å². The van der Waals surface area contributed by atoms with Crippen molar-refractivity contribution in [3.8, 4) is 0 Å². The summed E-state index contributed by atoms with van der Waals surface area (Å²) in [6, 6.07) is 10.1. The van der Waals surface area contributed by atoms with Crippen molar-refractivity contribution in [2.45, 2.75) is 31.7 Å². The fourth-order valence-corrected chi connectivity index (χ4v) is 8.57. The Morgan fingerprint density at radius 3 is 2.39 bits per heavy atom. The number of aliphatic hydroxyl groups excluding tert-OH is 2. The molecule has 0 radical (unpaired) electrons. The Bertz CT molecular complexity index is 445. The Kier molecular flexibility index (Phi) is 8.58. The molecule has 0 aliphatic rings. The smallest absolute Gasteiger partial charge is 0.357 e. The third kappa shape index (κ3) is 7.23. The Morgan fingerprint density at radius 1 is 1.17 bits per heavy atom. The predicted molar refractivity (Wildman–Crippen MR) is 93.0 cm³/mol. The van der Waals surface area contributed by atoms with Gasteiger partial charge in [-0.2, -0.15) is 0 Å². The molecule has 0 amide bonds. The highest BCUT2D eigenvalue weighted by Gasteiger charge is 2.41. The highest BCUT2D eigenvalue weighted by Crippen LogP contribution is 2.19. The summed E-state index contributed by atoms with van der Waals surface area (Å²) in [5.74, 6) is 0. The maximum Gasteiger partial charge on any atom is 0.357 e. The van der Waals surface area contributed by atoms with E-state index >= 15 is 0 Å². The van der Waals surface area contributed by atoms with Gasteiger partial charge < -0.3 is 28.3 Å². The van der Waals surface area contributed by atoms with E-state index in [1.807, 2.05) is 36.9 Å². The van der Waals surface area contributed by atoms with Crippen LogP contribution in [0.1, 0.15) is 6.42 Å². The second-order valence-electron chi connectivity index (χ2n) is 5.80. The molecule has 3 N–H and O–H groups in total. The van der Waals surface area contributed by atoms with Crippen molar-refractivity contribution in [1.82, 2.24) is 0 Å². The molecule has 6 nitrogen and oxygen atoms in total. The fourth-order valence-electron chi connectivity index (χ4n) is 2.19. The average Bonchev–Trinajstić information content (AvgIpc) is 2.54. The molecule has 3 atom stereocenters. The second-order valence-corrected chi connectivity index (χ2v) is 12.3. The van der Waals surface area contributed by atoms with Gasteiger partial charge in [0.05, 0.1) is 13.2 Å². The second kappa shape index (κ2) is 9.65. The summed E-state index contributed by atoms with van der Waals surface area (Å²) in [6.07, 6.45) is -0.142. The lowest BCUT2D eigenvalue weighted by atomic mass is 10.4. The molecule has 0 spiro atoms. The zero-order valence-electron chi connectivity index (χ0n) is 14.1. The van der Waals surface area contributed by atoms with E-state index in [-0.39, 0.29) is 13.2 Å². The summed E-state index contributed by atoms with van der Waals surface area (Å²) >= 11 is 0. The van der Waals surface area contributed by atoms with Gasteiger partial charge in [0.1, 0.15) is 6.10 Å². The normalized spacial score (nSPS) is 18.2. The molecule has 0 saturated carbocycles. The van der Waals surface area contributed by atoms with Crippen molar-refractivity contribution in [2.24, 2.45) is 0 Å². The summed E-state index contributed by atoms with van der Waals surface area (Å²) in [5.41, 5.74) is 0. The van der Waals surface area contributed by atoms with Crippen molar-refractivity contribution < 1.29 is 28.3 Å². The van der Waals surface area contributed by atoms with E-state index in [9.17, 15) is 9.90 Å². The average molecular weight is 361 g/mol. The van der Waals surface area contributed by atoms with E-state index in [0.717, 1.165) is 5.19 Å². The van der Waals surface area contributed by atoms with Gasteiger partial charge in [0.25, 0.3) is 0 Å². The lowest BCUT2D eigenvalue weighted by Gasteiger charge is -2.33. The zero-order valence-corrected chi connectivity index (χ0v) is 16.1. The molecule has 0 heterocycles. The predicted octanol–water partition coefficient (Wildman–Crippen LogP) is 0.453. The Hall–Kier alpha value is -0.586. The monoisotopic (exact) mass is 360 g/mol. The number of ether oxygens (including phenoxy) is 1. The van der Waals surface area contributed by atoms with E-state index in [2.05, 4.69) is 0 Å².